The number of aromatic nitrogens is 1. The molecule has 0 radical (unpaired) electrons. The molecule has 2 aromatic rings. The smallest absolute Gasteiger partial charge is 0.522 e. The molecule has 2 aliphatic rings. The summed E-state index contributed by atoms with van der Waals surface area (Å²) < 4.78 is 11.2. The van der Waals surface area contributed by atoms with E-state index in [9.17, 15) is 14.9 Å². The average Bonchev–Trinajstić information content (AvgIpc) is 3.10. The lowest BCUT2D eigenvalue weighted by Crippen LogP contribution is -2.56. The summed E-state index contributed by atoms with van der Waals surface area (Å²) in [7, 11) is -1.01. The molecule has 10 heteroatoms. The van der Waals surface area contributed by atoms with Crippen LogP contribution in [0.3, 0.4) is 0 Å². The van der Waals surface area contributed by atoms with Gasteiger partial charge in [0.05, 0.1) is 13.1 Å². The van der Waals surface area contributed by atoms with Crippen molar-refractivity contribution < 1.29 is 24.3 Å². The van der Waals surface area contributed by atoms with Gasteiger partial charge in [0.15, 0.2) is 10.8 Å². The van der Waals surface area contributed by atoms with Crippen molar-refractivity contribution in [2.75, 3.05) is 13.1 Å². The van der Waals surface area contributed by atoms with E-state index in [1.54, 1.807) is 18.3 Å². The van der Waals surface area contributed by atoms with E-state index in [1.807, 2.05) is 10.3 Å². The lowest BCUT2D eigenvalue weighted by atomic mass is 9.78. The maximum absolute atomic E-state index is 11.7. The molecule has 1 aromatic heterocycles. The van der Waals surface area contributed by atoms with Crippen molar-refractivity contribution in [3.05, 3.63) is 39.8 Å². The highest BCUT2D eigenvalue weighted by Gasteiger charge is 2.35. The third-order valence-electron chi connectivity index (χ3n) is 4.42. The number of hydrogen-bond donors (Lipinski definition) is 3. The van der Waals surface area contributed by atoms with E-state index in [-0.39, 0.29) is 23.2 Å². The van der Waals surface area contributed by atoms with Crippen LogP contribution in [0.2, 0.25) is 6.32 Å². The van der Waals surface area contributed by atoms with Gasteiger partial charge in [0.2, 0.25) is 0 Å². The van der Waals surface area contributed by atoms with E-state index < -0.39 is 13.1 Å². The minimum Gasteiger partial charge on any atom is -0.535 e. The molecule has 8 nitrogen and oxygen atoms in total. The normalized spacial score (nSPS) is 16.5. The number of nitrogens with one attached hydrogen (secondary N) is 1. The molecule has 134 valence electrons. The van der Waals surface area contributed by atoms with E-state index >= 15 is 0 Å². The van der Waals surface area contributed by atoms with Gasteiger partial charge in [-0.2, -0.15) is 0 Å². The molecule has 0 amide bonds. The summed E-state index contributed by atoms with van der Waals surface area (Å²) in [4.78, 5) is 17.7. The number of carbonyl (C=O) groups is 1. The van der Waals surface area contributed by atoms with Crippen molar-refractivity contribution in [1.29, 1.82) is 5.41 Å². The zero-order valence-corrected chi connectivity index (χ0v) is 14.5. The molecule has 0 bridgehead atoms. The van der Waals surface area contributed by atoms with Gasteiger partial charge in [0.1, 0.15) is 23.2 Å². The molecule has 3 N–H and O–H groups in total. The van der Waals surface area contributed by atoms with Crippen LogP contribution >= 0.6 is 11.3 Å². The molecule has 0 spiro atoms. The van der Waals surface area contributed by atoms with Gasteiger partial charge in [-0.1, -0.05) is 6.07 Å². The number of amidine groups is 1. The summed E-state index contributed by atoms with van der Waals surface area (Å²) in [5.41, 5.74) is 0.690. The Hall–Kier alpha value is -2.59. The SMILES string of the molecule is N=C(c1nccs1)N1CC(Oc2ccc3c(c2C(=O)O)OB(O)CC3)C1. The standard InChI is InChI=1S/C16H16BN3O5S/c18-14(15-19-5-6-26-15)20-7-10(8-20)24-11-2-1-9-3-4-17(23)25-13(9)12(11)16(21)22/h1-2,5-6,10,18,23H,3-4,7-8H2,(H,21,22). The molecule has 2 aliphatic heterocycles. The summed E-state index contributed by atoms with van der Waals surface area (Å²) in [6.07, 6.45) is 2.42. The van der Waals surface area contributed by atoms with Crippen LogP contribution in [0.1, 0.15) is 20.9 Å². The van der Waals surface area contributed by atoms with Crippen LogP contribution < -0.4 is 9.39 Å². The minimum atomic E-state index is -1.15. The number of thiazole rings is 1. The van der Waals surface area contributed by atoms with E-state index in [2.05, 4.69) is 4.98 Å². The molecule has 0 saturated carbocycles. The Morgan fingerprint density at radius 2 is 2.27 bits per heavy atom. The maximum Gasteiger partial charge on any atom is 0.522 e. The third kappa shape index (κ3) is 3.01. The first-order valence-corrected chi connectivity index (χ1v) is 9.05. The number of fused-ring (bicyclic) bond motifs is 1. The monoisotopic (exact) mass is 373 g/mol. The number of ether oxygens (including phenoxy) is 1. The molecule has 3 heterocycles. The summed E-state index contributed by atoms with van der Waals surface area (Å²) in [6.45, 7) is 0.968. The first-order chi connectivity index (χ1) is 12.5. The minimum absolute atomic E-state index is 0.0605. The molecule has 0 aliphatic carbocycles. The average molecular weight is 373 g/mol. The maximum atomic E-state index is 11.7. The molecule has 1 fully saturated rings. The molecule has 1 aromatic carbocycles. The van der Waals surface area contributed by atoms with Crippen LogP contribution in [0, 0.1) is 5.41 Å². The lowest BCUT2D eigenvalue weighted by molar-refractivity contribution is 0.0597. The topological polar surface area (TPSA) is 116 Å². The molecule has 1 saturated heterocycles. The van der Waals surface area contributed by atoms with Crippen LogP contribution in [0.25, 0.3) is 0 Å². The summed E-state index contributed by atoms with van der Waals surface area (Å²) >= 11 is 1.40. The first kappa shape index (κ1) is 16.9. The zero-order chi connectivity index (χ0) is 18.3. The van der Waals surface area contributed by atoms with Gasteiger partial charge in [0.25, 0.3) is 0 Å². The van der Waals surface area contributed by atoms with Gasteiger partial charge in [-0.25, -0.2) is 9.78 Å². The van der Waals surface area contributed by atoms with Gasteiger partial charge >= 0.3 is 13.1 Å². The number of hydrogen-bond acceptors (Lipinski definition) is 7. The number of carboxylic acids is 1. The third-order valence-corrected chi connectivity index (χ3v) is 5.20. The fourth-order valence-electron chi connectivity index (χ4n) is 3.06. The highest BCUT2D eigenvalue weighted by atomic mass is 32.1. The van der Waals surface area contributed by atoms with E-state index in [1.165, 1.54) is 11.3 Å². The zero-order valence-electron chi connectivity index (χ0n) is 13.7. The second-order valence-corrected chi connectivity index (χ2v) is 7.07. The second kappa shape index (κ2) is 6.62. The summed E-state index contributed by atoms with van der Waals surface area (Å²) in [5.74, 6) is -0.413. The highest BCUT2D eigenvalue weighted by Crippen LogP contribution is 2.37. The predicted octanol–water partition coefficient (Wildman–Crippen LogP) is 1.35. The molecule has 26 heavy (non-hydrogen) atoms. The predicted molar refractivity (Wildman–Crippen MR) is 95.4 cm³/mol. The Morgan fingerprint density at radius 1 is 1.46 bits per heavy atom. The number of aryl methyl sites for hydroxylation is 1. The number of carboxylic acid groups (broad SMARTS) is 1. The first-order valence-electron chi connectivity index (χ1n) is 8.17. The number of rotatable bonds is 4. The quantitative estimate of drug-likeness (QED) is 0.421. The van der Waals surface area contributed by atoms with E-state index in [0.29, 0.717) is 36.7 Å². The molecule has 0 atom stereocenters. The summed E-state index contributed by atoms with van der Waals surface area (Å²) in [5, 5.41) is 29.8. The van der Waals surface area contributed by atoms with Crippen molar-refractivity contribution >= 4 is 30.3 Å². The van der Waals surface area contributed by atoms with Crippen molar-refractivity contribution in [1.82, 2.24) is 9.88 Å². The summed E-state index contributed by atoms with van der Waals surface area (Å²) in [6, 6.07) is 3.41. The van der Waals surface area contributed by atoms with Gasteiger partial charge in [-0.15, -0.1) is 11.3 Å². The van der Waals surface area contributed by atoms with Crippen molar-refractivity contribution in [3.8, 4) is 11.5 Å². The van der Waals surface area contributed by atoms with E-state index in [0.717, 1.165) is 5.56 Å². The van der Waals surface area contributed by atoms with Crippen molar-refractivity contribution in [2.45, 2.75) is 18.8 Å². The molecular formula is C16H16BN3O5S. The molecular weight excluding hydrogens is 357 g/mol. The largest absolute Gasteiger partial charge is 0.535 e. The number of benzene rings is 1. The second-order valence-electron chi connectivity index (χ2n) is 6.17. The Balaban J connectivity index is 1.48. The van der Waals surface area contributed by atoms with Crippen LogP contribution in [-0.4, -0.2) is 58.1 Å². The fraction of sp³-hybridized carbons (Fsp3) is 0.312. The number of likely N-dealkylation sites (tertiary alicyclic amines) is 1. The van der Waals surface area contributed by atoms with Gasteiger partial charge in [-0.3, -0.25) is 5.41 Å². The lowest BCUT2D eigenvalue weighted by Gasteiger charge is -2.40. The van der Waals surface area contributed by atoms with Crippen LogP contribution in [-0.2, 0) is 6.42 Å². The van der Waals surface area contributed by atoms with Gasteiger partial charge in [-0.05, 0) is 24.4 Å². The van der Waals surface area contributed by atoms with Gasteiger partial charge < -0.3 is 24.4 Å². The Bertz CT molecular complexity index is 854. The Labute approximate surface area is 153 Å². The van der Waals surface area contributed by atoms with Crippen molar-refractivity contribution in [2.24, 2.45) is 0 Å². The van der Waals surface area contributed by atoms with Crippen LogP contribution in [0.4, 0.5) is 0 Å². The molecule has 4 rings (SSSR count). The Kier molecular flexibility index (Phi) is 4.29. The van der Waals surface area contributed by atoms with Crippen LogP contribution in [0.5, 0.6) is 11.5 Å². The van der Waals surface area contributed by atoms with Crippen LogP contribution in [0.15, 0.2) is 23.7 Å². The number of aromatic carboxylic acids is 1. The highest BCUT2D eigenvalue weighted by molar-refractivity contribution is 7.11. The number of nitrogens with zero attached hydrogens (tertiary/aromatic N) is 2. The van der Waals surface area contributed by atoms with E-state index in [4.69, 9.17) is 14.8 Å². The van der Waals surface area contributed by atoms with Gasteiger partial charge in [0, 0.05) is 11.6 Å². The van der Waals surface area contributed by atoms with Crippen molar-refractivity contribution in [3.63, 3.8) is 0 Å². The fourth-order valence-corrected chi connectivity index (χ4v) is 3.68. The molecule has 0 unspecified atom stereocenters. The Morgan fingerprint density at radius 3 is 2.96 bits per heavy atom.